The van der Waals surface area contributed by atoms with Gasteiger partial charge < -0.3 is 71.1 Å². The number of benzene rings is 2. The lowest BCUT2D eigenvalue weighted by molar-refractivity contribution is -0.153. The normalized spacial score (nSPS) is 15.6. The Kier molecular flexibility index (Phi) is 34.6. The summed E-state index contributed by atoms with van der Waals surface area (Å²) in [6.07, 6.45) is 3.62. The van der Waals surface area contributed by atoms with Crippen molar-refractivity contribution in [3.63, 3.8) is 0 Å². The van der Waals surface area contributed by atoms with E-state index in [1.165, 1.54) is 76.8 Å². The predicted molar refractivity (Wildman–Crippen MR) is 372 cm³/mol. The number of amides is 11. The maximum atomic E-state index is 14.7. The number of carbonyl (C=O) groups is 11. The summed E-state index contributed by atoms with van der Waals surface area (Å²) in [5.74, 6) is -6.61. The summed E-state index contributed by atoms with van der Waals surface area (Å²) < 4.78 is 0.973. The topological polar surface area (TPSA) is 328 Å². The fourth-order valence-electron chi connectivity index (χ4n) is 11.4. The fraction of sp³-hybridized carbons (Fsp3) is 0.632. The van der Waals surface area contributed by atoms with Crippen LogP contribution in [-0.2, 0) is 65.6 Å². The summed E-state index contributed by atoms with van der Waals surface area (Å²) in [6, 6.07) is 6.00. The standard InChI is InChI=1S/C68H107BIN11O14/c1-41(2)34-51(61(86)74-53(39-49-28-25-29-50(70)37-49)65(90)81-32-23-18-24-33-81)73-62(87)54(35-42(3)4)78(14)63(88)45(9)71-60(85)46(10)77(13)67(92)58(47(11)82)75-57(84)40-76(12)68(93)59(44(7)8)80(16)66(91)55(36-43(5)6)79(15)64(89)52(38-48-26-19-17-20-27-48)72-56(83)30-21-22-31-69(94)95/h17,19-20,22,25-29,31,37,41-47,51-55,58-59,82,94-95H,18,21,23-24,30,32-36,38-40H2,1-16H3,(H,71,85)(H,72,83)(H,73,87)(H,74,86)(H,75,84)/b31-22+/t45-,46-,47+,51-,52-,53-,54-,55-,58-,59-/m0/s1. The van der Waals surface area contributed by atoms with Crippen LogP contribution in [0.15, 0.2) is 66.6 Å². The first kappa shape index (κ1) is 82.3. The lowest BCUT2D eigenvalue weighted by Crippen LogP contribution is -2.61. The molecule has 1 aliphatic rings. The highest BCUT2D eigenvalue weighted by Crippen LogP contribution is 2.22. The molecule has 1 saturated heterocycles. The predicted octanol–water partition coefficient (Wildman–Crippen LogP) is 2.84. The minimum Gasteiger partial charge on any atom is -0.424 e. The molecule has 0 aromatic heterocycles. The van der Waals surface area contributed by atoms with Crippen molar-refractivity contribution in [2.45, 2.75) is 201 Å². The largest absolute Gasteiger partial charge is 0.480 e. The number of aliphatic hydroxyl groups excluding tert-OH is 1. The smallest absolute Gasteiger partial charge is 0.424 e. The van der Waals surface area contributed by atoms with Crippen molar-refractivity contribution in [1.82, 2.24) is 56.0 Å². The Morgan fingerprint density at radius 3 is 1.67 bits per heavy atom. The van der Waals surface area contributed by atoms with Gasteiger partial charge in [0, 0.05) is 71.2 Å². The molecule has 10 atom stereocenters. The third kappa shape index (κ3) is 26.5. The van der Waals surface area contributed by atoms with E-state index in [1.54, 1.807) is 49.1 Å². The SMILES string of the molecule is CC(C)C[C@H](NC(=O)[C@H](CC(C)C)N(C)C(=O)[C@H](C)NC(=O)[C@H](C)N(C)C(=O)[C@@H](NC(=O)CN(C)C(=O)[C@H](C(C)C)N(C)C(=O)[C@H](CC(C)C)N(C)C(=O)[C@H](Cc1ccccc1)NC(=O)CC/C=C/B(O)O)[C@@H](C)O)C(=O)N[C@@H](Cc1cccc(I)c1)C(=O)N1CCCCC1. The van der Waals surface area contributed by atoms with Crippen LogP contribution < -0.4 is 26.6 Å². The third-order valence-corrected chi connectivity index (χ3v) is 17.5. The van der Waals surface area contributed by atoms with Crippen molar-refractivity contribution in [2.24, 2.45) is 23.7 Å². The first-order valence-corrected chi connectivity index (χ1v) is 34.1. The molecule has 0 spiro atoms. The number of halogens is 1. The molecule has 0 saturated carbocycles. The molecule has 95 heavy (non-hydrogen) atoms. The fourth-order valence-corrected chi connectivity index (χ4v) is 12.0. The molecule has 25 nitrogen and oxygen atoms in total. The van der Waals surface area contributed by atoms with E-state index in [1.807, 2.05) is 65.8 Å². The quantitative estimate of drug-likeness (QED) is 0.0360. The van der Waals surface area contributed by atoms with E-state index in [2.05, 4.69) is 49.2 Å². The molecule has 1 aliphatic heterocycles. The Labute approximate surface area is 576 Å². The highest BCUT2D eigenvalue weighted by molar-refractivity contribution is 14.1. The van der Waals surface area contributed by atoms with Crippen molar-refractivity contribution in [2.75, 3.05) is 54.9 Å². The van der Waals surface area contributed by atoms with Gasteiger partial charge in [-0.1, -0.05) is 110 Å². The summed E-state index contributed by atoms with van der Waals surface area (Å²) in [5, 5.41) is 43.0. The zero-order valence-corrected chi connectivity index (χ0v) is 60.8. The first-order chi connectivity index (χ1) is 44.5. The Hall–Kier alpha value is -6.98. The van der Waals surface area contributed by atoms with Crippen LogP contribution in [0.4, 0.5) is 0 Å². The number of aliphatic hydroxyl groups is 1. The number of rotatable bonds is 36. The van der Waals surface area contributed by atoms with E-state index in [0.29, 0.717) is 13.1 Å². The summed E-state index contributed by atoms with van der Waals surface area (Å²) >= 11 is 2.20. The molecule has 1 heterocycles. The number of likely N-dealkylation sites (N-methyl/N-ethyl adjacent to an activating group) is 5. The van der Waals surface area contributed by atoms with E-state index in [-0.39, 0.29) is 68.6 Å². The van der Waals surface area contributed by atoms with Gasteiger partial charge in [0.15, 0.2) is 0 Å². The summed E-state index contributed by atoms with van der Waals surface area (Å²) in [6.45, 7) is 19.3. The highest BCUT2D eigenvalue weighted by Gasteiger charge is 2.42. The van der Waals surface area contributed by atoms with Crippen molar-refractivity contribution in [1.29, 1.82) is 0 Å². The van der Waals surface area contributed by atoms with Crippen molar-refractivity contribution < 1.29 is 67.9 Å². The van der Waals surface area contributed by atoms with Gasteiger partial charge in [-0.05, 0) is 135 Å². The van der Waals surface area contributed by atoms with Gasteiger partial charge in [0.2, 0.25) is 65.0 Å². The van der Waals surface area contributed by atoms with Gasteiger partial charge in [-0.25, -0.2) is 0 Å². The molecule has 0 bridgehead atoms. The zero-order chi connectivity index (χ0) is 71.7. The molecule has 528 valence electrons. The minimum absolute atomic E-state index is 0.0678. The lowest BCUT2D eigenvalue weighted by Gasteiger charge is -2.38. The van der Waals surface area contributed by atoms with Crippen LogP contribution in [0, 0.1) is 27.2 Å². The second kappa shape index (κ2) is 39.9. The van der Waals surface area contributed by atoms with Crippen LogP contribution in [0.5, 0.6) is 0 Å². The average molecular weight is 1440 g/mol. The van der Waals surface area contributed by atoms with Crippen molar-refractivity contribution in [3.05, 3.63) is 81.3 Å². The van der Waals surface area contributed by atoms with Gasteiger partial charge in [-0.2, -0.15) is 0 Å². The molecular weight excluding hydrogens is 1330 g/mol. The van der Waals surface area contributed by atoms with E-state index in [9.17, 15) is 57.8 Å². The number of nitrogens with zero attached hydrogens (tertiary/aromatic N) is 6. The second-order valence-corrected chi connectivity index (χ2v) is 28.1. The van der Waals surface area contributed by atoms with E-state index in [0.717, 1.165) is 49.7 Å². The van der Waals surface area contributed by atoms with Crippen molar-refractivity contribution in [3.8, 4) is 0 Å². The Bertz CT molecular complexity index is 2930. The zero-order valence-electron chi connectivity index (χ0n) is 58.6. The van der Waals surface area contributed by atoms with E-state index >= 15 is 0 Å². The molecular formula is C68H107BIN11O14. The molecule has 2 aromatic rings. The summed E-state index contributed by atoms with van der Waals surface area (Å²) in [4.78, 5) is 163. The van der Waals surface area contributed by atoms with Gasteiger partial charge in [0.05, 0.1) is 12.6 Å². The molecule has 3 rings (SSSR count). The Morgan fingerprint density at radius 1 is 0.558 bits per heavy atom. The summed E-state index contributed by atoms with van der Waals surface area (Å²) in [5.41, 5.74) is 1.60. The maximum Gasteiger partial charge on any atom is 0.480 e. The second-order valence-electron chi connectivity index (χ2n) is 26.8. The molecule has 27 heteroatoms. The molecule has 11 amide bonds. The number of carbonyl (C=O) groups excluding carboxylic acids is 11. The molecule has 2 aromatic carbocycles. The number of likely N-dealkylation sites (tertiary alicyclic amines) is 1. The third-order valence-electron chi connectivity index (χ3n) is 16.8. The number of hydrogen-bond acceptors (Lipinski definition) is 14. The van der Waals surface area contributed by atoms with E-state index < -0.39 is 139 Å². The number of piperidine rings is 1. The van der Waals surface area contributed by atoms with Gasteiger partial charge in [0.1, 0.15) is 54.4 Å². The molecule has 1 fully saturated rings. The molecule has 0 radical (unpaired) electrons. The molecule has 8 N–H and O–H groups in total. The van der Waals surface area contributed by atoms with Gasteiger partial charge in [0.25, 0.3) is 0 Å². The summed E-state index contributed by atoms with van der Waals surface area (Å²) in [7, 11) is 5.22. The monoisotopic (exact) mass is 1440 g/mol. The average Bonchev–Trinajstić information content (AvgIpc) is 0.853. The van der Waals surface area contributed by atoms with Crippen LogP contribution >= 0.6 is 22.6 Å². The van der Waals surface area contributed by atoms with E-state index in [4.69, 9.17) is 10.0 Å². The number of nitrogens with one attached hydrogen (secondary N) is 5. The highest BCUT2D eigenvalue weighted by atomic mass is 127. The Balaban J connectivity index is 1.75. The number of hydrogen-bond donors (Lipinski definition) is 8. The molecule has 0 unspecified atom stereocenters. The van der Waals surface area contributed by atoms with Gasteiger partial charge >= 0.3 is 7.12 Å². The Morgan fingerprint density at radius 2 is 1.12 bits per heavy atom. The first-order valence-electron chi connectivity index (χ1n) is 33.1. The maximum absolute atomic E-state index is 14.7. The number of allylic oxidation sites excluding steroid dienone is 1. The van der Waals surface area contributed by atoms with Crippen LogP contribution in [0.3, 0.4) is 0 Å². The van der Waals surface area contributed by atoms with Gasteiger partial charge in [-0.3, -0.25) is 52.7 Å². The van der Waals surface area contributed by atoms with Gasteiger partial charge in [-0.15, -0.1) is 0 Å². The minimum atomic E-state index is -1.69. The van der Waals surface area contributed by atoms with Crippen molar-refractivity contribution >= 4 is 94.7 Å². The van der Waals surface area contributed by atoms with Crippen LogP contribution in [0.25, 0.3) is 0 Å². The van der Waals surface area contributed by atoms with Crippen LogP contribution in [-0.4, -0.2) is 232 Å². The van der Waals surface area contributed by atoms with Crippen LogP contribution in [0.2, 0.25) is 0 Å². The van der Waals surface area contributed by atoms with Crippen LogP contribution in [0.1, 0.15) is 139 Å². The lowest BCUT2D eigenvalue weighted by atomic mass is 9.91. The molecule has 0 aliphatic carbocycles.